The first-order valence-corrected chi connectivity index (χ1v) is 14.5. The van der Waals surface area contributed by atoms with Crippen molar-refractivity contribution in [1.82, 2.24) is 10.6 Å². The molecular weight excluding hydrogens is 482 g/mol. The molecule has 0 rings (SSSR count). The SMILES string of the molecule is NCCOCCOCCOCCOCCC(=O)NCCCCNC(=O)CCCCCCCCCCS. The molecular formula is C26H53N3O6S. The molecule has 4 N–H and O–H groups in total. The first-order valence-electron chi connectivity index (χ1n) is 13.9. The van der Waals surface area contributed by atoms with Gasteiger partial charge in [-0.15, -0.1) is 0 Å². The van der Waals surface area contributed by atoms with Crippen LogP contribution in [-0.2, 0) is 28.5 Å². The number of thiol groups is 1. The summed E-state index contributed by atoms with van der Waals surface area (Å²) in [5.41, 5.74) is 5.32. The van der Waals surface area contributed by atoms with Gasteiger partial charge in [0.25, 0.3) is 0 Å². The normalized spacial score (nSPS) is 11.1. The maximum Gasteiger partial charge on any atom is 0.222 e. The summed E-state index contributed by atoms with van der Waals surface area (Å²) in [5, 5.41) is 5.85. The van der Waals surface area contributed by atoms with Gasteiger partial charge in [0, 0.05) is 32.5 Å². The van der Waals surface area contributed by atoms with Crippen LogP contribution in [0.2, 0.25) is 0 Å². The zero-order valence-corrected chi connectivity index (χ0v) is 23.3. The van der Waals surface area contributed by atoms with E-state index in [0.717, 1.165) is 31.4 Å². The second-order valence-electron chi connectivity index (χ2n) is 8.70. The van der Waals surface area contributed by atoms with Crippen molar-refractivity contribution in [2.24, 2.45) is 5.73 Å². The molecule has 2 amide bonds. The van der Waals surface area contributed by atoms with Gasteiger partial charge in [-0.05, 0) is 31.4 Å². The molecule has 10 heteroatoms. The molecule has 0 heterocycles. The molecule has 0 aliphatic rings. The molecule has 36 heavy (non-hydrogen) atoms. The number of hydrogen-bond acceptors (Lipinski definition) is 8. The van der Waals surface area contributed by atoms with Crippen LogP contribution in [0.4, 0.5) is 0 Å². The number of hydrogen-bond donors (Lipinski definition) is 4. The first kappa shape index (κ1) is 35.1. The van der Waals surface area contributed by atoms with Crippen LogP contribution in [0, 0.1) is 0 Å². The Hall–Kier alpha value is -0.910. The molecule has 0 aromatic heterocycles. The summed E-state index contributed by atoms with van der Waals surface area (Å²) in [7, 11) is 0. The predicted octanol–water partition coefficient (Wildman–Crippen LogP) is 2.85. The van der Waals surface area contributed by atoms with Crippen molar-refractivity contribution >= 4 is 24.4 Å². The van der Waals surface area contributed by atoms with E-state index in [1.54, 1.807) is 0 Å². The lowest BCUT2D eigenvalue weighted by molar-refractivity contribution is -0.123. The van der Waals surface area contributed by atoms with Crippen LogP contribution in [-0.4, -0.2) is 90.1 Å². The third kappa shape index (κ3) is 29.3. The van der Waals surface area contributed by atoms with E-state index in [0.29, 0.717) is 85.3 Å². The molecule has 0 saturated carbocycles. The zero-order chi connectivity index (χ0) is 26.4. The fourth-order valence-electron chi connectivity index (χ4n) is 3.35. The highest BCUT2D eigenvalue weighted by Gasteiger charge is 2.03. The minimum absolute atomic E-state index is 0.0214. The van der Waals surface area contributed by atoms with Crippen molar-refractivity contribution in [2.45, 2.75) is 77.0 Å². The molecule has 0 aromatic carbocycles. The maximum absolute atomic E-state index is 11.9. The van der Waals surface area contributed by atoms with Gasteiger partial charge in [0.1, 0.15) is 0 Å². The van der Waals surface area contributed by atoms with Crippen LogP contribution in [0.25, 0.3) is 0 Å². The molecule has 0 aliphatic heterocycles. The van der Waals surface area contributed by atoms with Crippen molar-refractivity contribution in [3.8, 4) is 0 Å². The van der Waals surface area contributed by atoms with Crippen LogP contribution in [0.1, 0.15) is 77.0 Å². The van der Waals surface area contributed by atoms with E-state index in [4.69, 9.17) is 24.7 Å². The van der Waals surface area contributed by atoms with Crippen LogP contribution >= 0.6 is 12.6 Å². The Morgan fingerprint density at radius 2 is 0.944 bits per heavy atom. The minimum Gasteiger partial charge on any atom is -0.379 e. The van der Waals surface area contributed by atoms with Gasteiger partial charge < -0.3 is 35.3 Å². The summed E-state index contributed by atoms with van der Waals surface area (Å²) in [6.07, 6.45) is 12.3. The molecule has 9 nitrogen and oxygen atoms in total. The van der Waals surface area contributed by atoms with Gasteiger partial charge in [0.2, 0.25) is 11.8 Å². The number of carbonyl (C=O) groups is 2. The van der Waals surface area contributed by atoms with E-state index in [1.165, 1.54) is 38.5 Å². The third-order valence-electron chi connectivity index (χ3n) is 5.41. The number of nitrogens with one attached hydrogen (secondary N) is 2. The predicted molar refractivity (Wildman–Crippen MR) is 148 cm³/mol. The lowest BCUT2D eigenvalue weighted by Crippen LogP contribution is -2.27. The Balaban J connectivity index is 3.26. The highest BCUT2D eigenvalue weighted by molar-refractivity contribution is 7.80. The van der Waals surface area contributed by atoms with Crippen molar-refractivity contribution in [3.05, 3.63) is 0 Å². The number of carbonyl (C=O) groups excluding carboxylic acids is 2. The molecule has 0 spiro atoms. The first-order chi connectivity index (χ1) is 17.7. The lowest BCUT2D eigenvalue weighted by Gasteiger charge is -2.08. The number of amides is 2. The van der Waals surface area contributed by atoms with Crippen LogP contribution in [0.3, 0.4) is 0 Å². The van der Waals surface area contributed by atoms with Crippen molar-refractivity contribution in [1.29, 1.82) is 0 Å². The molecule has 0 aliphatic carbocycles. The van der Waals surface area contributed by atoms with Gasteiger partial charge in [-0.2, -0.15) is 12.6 Å². The summed E-state index contributed by atoms with van der Waals surface area (Å²) in [6, 6.07) is 0. The van der Waals surface area contributed by atoms with Crippen LogP contribution in [0.5, 0.6) is 0 Å². The van der Waals surface area contributed by atoms with Gasteiger partial charge in [0.15, 0.2) is 0 Å². The van der Waals surface area contributed by atoms with E-state index in [9.17, 15) is 9.59 Å². The molecule has 214 valence electrons. The second-order valence-corrected chi connectivity index (χ2v) is 9.14. The fourth-order valence-corrected chi connectivity index (χ4v) is 3.57. The number of unbranched alkanes of at least 4 members (excludes halogenated alkanes) is 8. The monoisotopic (exact) mass is 535 g/mol. The molecule has 0 radical (unpaired) electrons. The summed E-state index contributed by atoms with van der Waals surface area (Å²) in [5.74, 6) is 1.10. The topological polar surface area (TPSA) is 121 Å². The number of ether oxygens (including phenoxy) is 4. The molecule has 0 saturated heterocycles. The Morgan fingerprint density at radius 3 is 1.44 bits per heavy atom. The number of nitrogens with two attached hydrogens (primary N) is 1. The lowest BCUT2D eigenvalue weighted by atomic mass is 10.1. The Kier molecular flexibility index (Phi) is 29.5. The highest BCUT2D eigenvalue weighted by atomic mass is 32.1. The molecule has 0 fully saturated rings. The minimum atomic E-state index is -0.0214. The fraction of sp³-hybridized carbons (Fsp3) is 0.923. The van der Waals surface area contributed by atoms with Crippen molar-refractivity contribution in [3.63, 3.8) is 0 Å². The van der Waals surface area contributed by atoms with Gasteiger partial charge in [-0.25, -0.2) is 0 Å². The van der Waals surface area contributed by atoms with E-state index < -0.39 is 0 Å². The average Bonchev–Trinajstić information content (AvgIpc) is 2.87. The summed E-state index contributed by atoms with van der Waals surface area (Å²) < 4.78 is 21.3. The number of rotatable bonds is 29. The van der Waals surface area contributed by atoms with E-state index in [-0.39, 0.29) is 11.8 Å². The van der Waals surface area contributed by atoms with Gasteiger partial charge in [-0.1, -0.05) is 38.5 Å². The smallest absolute Gasteiger partial charge is 0.222 e. The van der Waals surface area contributed by atoms with Crippen LogP contribution < -0.4 is 16.4 Å². The molecule has 0 atom stereocenters. The second kappa shape index (κ2) is 30.3. The van der Waals surface area contributed by atoms with Gasteiger partial charge in [-0.3, -0.25) is 9.59 Å². The molecule has 0 aromatic rings. The average molecular weight is 536 g/mol. The van der Waals surface area contributed by atoms with E-state index in [2.05, 4.69) is 23.3 Å². The summed E-state index contributed by atoms with van der Waals surface area (Å²) in [6.45, 7) is 5.71. The summed E-state index contributed by atoms with van der Waals surface area (Å²) in [4.78, 5) is 23.7. The molecule has 0 bridgehead atoms. The maximum atomic E-state index is 11.9. The zero-order valence-electron chi connectivity index (χ0n) is 22.4. The Bertz CT molecular complexity index is 489. The molecule has 0 unspecified atom stereocenters. The van der Waals surface area contributed by atoms with Crippen LogP contribution in [0.15, 0.2) is 0 Å². The highest BCUT2D eigenvalue weighted by Crippen LogP contribution is 2.10. The van der Waals surface area contributed by atoms with Crippen molar-refractivity contribution in [2.75, 3.05) is 78.2 Å². The van der Waals surface area contributed by atoms with Gasteiger partial charge in [0.05, 0.1) is 52.9 Å². The standard InChI is InChI=1S/C26H53N3O6S/c27-13-17-33-19-21-35-23-22-34-20-18-32-16-12-26(31)29-15-9-8-14-28-25(30)11-7-5-3-1-2-4-6-10-24-36/h36H,1-24,27H2,(H,28,30)(H,29,31). The Labute approximate surface area is 224 Å². The van der Waals surface area contributed by atoms with E-state index >= 15 is 0 Å². The largest absolute Gasteiger partial charge is 0.379 e. The Morgan fingerprint density at radius 1 is 0.528 bits per heavy atom. The van der Waals surface area contributed by atoms with Gasteiger partial charge >= 0.3 is 0 Å². The third-order valence-corrected chi connectivity index (χ3v) is 5.73. The van der Waals surface area contributed by atoms with Crippen molar-refractivity contribution < 1.29 is 28.5 Å². The summed E-state index contributed by atoms with van der Waals surface area (Å²) >= 11 is 4.23. The van der Waals surface area contributed by atoms with E-state index in [1.807, 2.05) is 0 Å². The quantitative estimate of drug-likeness (QED) is 0.0858.